The van der Waals surface area contributed by atoms with Crippen molar-refractivity contribution in [2.45, 2.75) is 6.42 Å². The van der Waals surface area contributed by atoms with Crippen LogP contribution < -0.4 is 5.32 Å². The maximum absolute atomic E-state index is 12.0. The number of halogens is 1. The van der Waals surface area contributed by atoms with Gasteiger partial charge in [-0.05, 0) is 35.9 Å². The molecule has 0 saturated heterocycles. The number of nitrogens with zero attached hydrogens (tertiary/aromatic N) is 1. The van der Waals surface area contributed by atoms with Gasteiger partial charge in [0.15, 0.2) is 0 Å². The minimum atomic E-state index is -0.0359. The van der Waals surface area contributed by atoms with Gasteiger partial charge < -0.3 is 10.3 Å². The number of anilines is 1. The van der Waals surface area contributed by atoms with E-state index in [1.807, 2.05) is 42.5 Å². The van der Waals surface area contributed by atoms with E-state index in [2.05, 4.69) is 31.2 Å². The summed E-state index contributed by atoms with van der Waals surface area (Å²) < 4.78 is 1.01. The van der Waals surface area contributed by atoms with E-state index >= 15 is 0 Å². The van der Waals surface area contributed by atoms with E-state index in [1.54, 1.807) is 6.33 Å². The van der Waals surface area contributed by atoms with Crippen molar-refractivity contribution < 1.29 is 4.79 Å². The van der Waals surface area contributed by atoms with Crippen molar-refractivity contribution in [3.05, 3.63) is 58.8 Å². The van der Waals surface area contributed by atoms with Gasteiger partial charge >= 0.3 is 0 Å². The highest BCUT2D eigenvalue weighted by Gasteiger charge is 2.05. The van der Waals surface area contributed by atoms with Crippen molar-refractivity contribution in [3.63, 3.8) is 0 Å². The number of carbonyl (C=O) groups excluding carboxylic acids is 1. The Morgan fingerprint density at radius 1 is 1.20 bits per heavy atom. The summed E-state index contributed by atoms with van der Waals surface area (Å²) in [6.07, 6.45) is 1.99. The fraction of sp³-hybridized carbons (Fsp3) is 0.0667. The Labute approximate surface area is 124 Å². The van der Waals surface area contributed by atoms with E-state index in [0.717, 1.165) is 26.8 Å². The number of aromatic nitrogens is 2. The van der Waals surface area contributed by atoms with Crippen molar-refractivity contribution in [2.24, 2.45) is 0 Å². The molecule has 3 rings (SSSR count). The second-order valence-electron chi connectivity index (χ2n) is 4.49. The smallest absolute Gasteiger partial charge is 0.228 e. The number of hydrogen-bond donors (Lipinski definition) is 2. The lowest BCUT2D eigenvalue weighted by Gasteiger charge is -2.05. The molecule has 0 radical (unpaired) electrons. The molecule has 3 aromatic rings. The number of fused-ring (bicyclic) bond motifs is 1. The van der Waals surface area contributed by atoms with Gasteiger partial charge in [-0.3, -0.25) is 4.79 Å². The molecule has 100 valence electrons. The SMILES string of the molecule is O=C(Cc1ccc(Br)cc1)Nc1ccc2nc[nH]c2c1. The van der Waals surface area contributed by atoms with Crippen LogP contribution in [0.1, 0.15) is 5.56 Å². The molecule has 0 unspecified atom stereocenters. The van der Waals surface area contributed by atoms with E-state index in [0.29, 0.717) is 6.42 Å². The number of amides is 1. The molecule has 0 fully saturated rings. The van der Waals surface area contributed by atoms with Crippen molar-refractivity contribution in [1.29, 1.82) is 0 Å². The van der Waals surface area contributed by atoms with E-state index < -0.39 is 0 Å². The van der Waals surface area contributed by atoms with Gasteiger partial charge in [0.2, 0.25) is 5.91 Å². The fourth-order valence-corrected chi connectivity index (χ4v) is 2.27. The highest BCUT2D eigenvalue weighted by molar-refractivity contribution is 9.10. The van der Waals surface area contributed by atoms with Crippen molar-refractivity contribution in [3.8, 4) is 0 Å². The molecule has 0 saturated carbocycles. The third kappa shape index (κ3) is 2.88. The first kappa shape index (κ1) is 12.9. The topological polar surface area (TPSA) is 57.8 Å². The van der Waals surface area contributed by atoms with Crippen LogP contribution in [0.3, 0.4) is 0 Å². The molecule has 5 heteroatoms. The molecule has 1 aromatic heterocycles. The molecule has 0 spiro atoms. The third-order valence-corrected chi connectivity index (χ3v) is 3.51. The number of rotatable bonds is 3. The molecule has 1 amide bonds. The van der Waals surface area contributed by atoms with E-state index in [9.17, 15) is 4.79 Å². The van der Waals surface area contributed by atoms with Crippen molar-refractivity contribution in [1.82, 2.24) is 9.97 Å². The van der Waals surface area contributed by atoms with Crippen molar-refractivity contribution in [2.75, 3.05) is 5.32 Å². The lowest BCUT2D eigenvalue weighted by atomic mass is 10.1. The monoisotopic (exact) mass is 329 g/mol. The van der Waals surface area contributed by atoms with Gasteiger partial charge in [-0.15, -0.1) is 0 Å². The number of aromatic amines is 1. The molecule has 2 aromatic carbocycles. The molecule has 1 heterocycles. The van der Waals surface area contributed by atoms with Crippen LogP contribution in [0.2, 0.25) is 0 Å². The van der Waals surface area contributed by atoms with Gasteiger partial charge in [0.1, 0.15) is 0 Å². The number of imidazole rings is 1. The molecule has 2 N–H and O–H groups in total. The number of nitrogens with one attached hydrogen (secondary N) is 2. The minimum absolute atomic E-state index is 0.0359. The van der Waals surface area contributed by atoms with Crippen LogP contribution in [0.25, 0.3) is 11.0 Å². The Morgan fingerprint density at radius 3 is 2.80 bits per heavy atom. The minimum Gasteiger partial charge on any atom is -0.345 e. The van der Waals surface area contributed by atoms with Gasteiger partial charge in [0, 0.05) is 10.2 Å². The Kier molecular flexibility index (Phi) is 3.52. The summed E-state index contributed by atoms with van der Waals surface area (Å²) in [4.78, 5) is 19.2. The van der Waals surface area contributed by atoms with Gasteiger partial charge in [-0.25, -0.2) is 4.98 Å². The number of carbonyl (C=O) groups is 1. The van der Waals surface area contributed by atoms with Crippen LogP contribution in [-0.2, 0) is 11.2 Å². The first-order chi connectivity index (χ1) is 9.70. The molecule has 0 aliphatic carbocycles. The fourth-order valence-electron chi connectivity index (χ4n) is 2.01. The lowest BCUT2D eigenvalue weighted by molar-refractivity contribution is -0.115. The molecular weight excluding hydrogens is 318 g/mol. The first-order valence-electron chi connectivity index (χ1n) is 6.18. The Morgan fingerprint density at radius 2 is 2.00 bits per heavy atom. The Hall–Kier alpha value is -2.14. The summed E-state index contributed by atoms with van der Waals surface area (Å²) >= 11 is 3.37. The van der Waals surface area contributed by atoms with Crippen LogP contribution in [0, 0.1) is 0 Å². The maximum Gasteiger partial charge on any atom is 0.228 e. The molecule has 0 aliphatic rings. The quantitative estimate of drug-likeness (QED) is 0.772. The molecule has 0 atom stereocenters. The third-order valence-electron chi connectivity index (χ3n) is 2.98. The predicted octanol–water partition coefficient (Wildman–Crippen LogP) is 3.51. The zero-order valence-corrected chi connectivity index (χ0v) is 12.1. The number of H-pyrrole nitrogens is 1. The van der Waals surface area contributed by atoms with Crippen LogP contribution in [0.5, 0.6) is 0 Å². The van der Waals surface area contributed by atoms with E-state index in [-0.39, 0.29) is 5.91 Å². The van der Waals surface area contributed by atoms with Gasteiger partial charge in [0.05, 0.1) is 23.8 Å². The van der Waals surface area contributed by atoms with E-state index in [1.165, 1.54) is 0 Å². The van der Waals surface area contributed by atoms with Crippen LogP contribution in [-0.4, -0.2) is 15.9 Å². The normalized spacial score (nSPS) is 10.7. The molecule has 0 aliphatic heterocycles. The summed E-state index contributed by atoms with van der Waals surface area (Å²) in [6.45, 7) is 0. The second-order valence-corrected chi connectivity index (χ2v) is 5.40. The molecule has 4 nitrogen and oxygen atoms in total. The van der Waals surface area contributed by atoms with Crippen LogP contribution in [0.4, 0.5) is 5.69 Å². The highest BCUT2D eigenvalue weighted by Crippen LogP contribution is 2.16. The molecule has 20 heavy (non-hydrogen) atoms. The average Bonchev–Trinajstić information content (AvgIpc) is 2.89. The van der Waals surface area contributed by atoms with E-state index in [4.69, 9.17) is 0 Å². The zero-order chi connectivity index (χ0) is 13.9. The number of hydrogen-bond acceptors (Lipinski definition) is 2. The zero-order valence-electron chi connectivity index (χ0n) is 10.6. The standard InChI is InChI=1S/C15H12BrN3O/c16-11-3-1-10(2-4-11)7-15(20)19-12-5-6-13-14(8-12)18-9-17-13/h1-6,8-9H,7H2,(H,17,18)(H,19,20). The Balaban J connectivity index is 1.70. The first-order valence-corrected chi connectivity index (χ1v) is 6.97. The Bertz CT molecular complexity index is 749. The summed E-state index contributed by atoms with van der Waals surface area (Å²) in [7, 11) is 0. The van der Waals surface area contributed by atoms with Gasteiger partial charge in [-0.2, -0.15) is 0 Å². The summed E-state index contributed by atoms with van der Waals surface area (Å²) in [6, 6.07) is 13.3. The average molecular weight is 330 g/mol. The summed E-state index contributed by atoms with van der Waals surface area (Å²) in [5, 5.41) is 2.89. The predicted molar refractivity (Wildman–Crippen MR) is 82.6 cm³/mol. The van der Waals surface area contributed by atoms with Crippen LogP contribution >= 0.6 is 15.9 Å². The van der Waals surface area contributed by atoms with Gasteiger partial charge in [-0.1, -0.05) is 28.1 Å². The molecular formula is C15H12BrN3O. The molecule has 0 bridgehead atoms. The number of benzene rings is 2. The highest BCUT2D eigenvalue weighted by atomic mass is 79.9. The van der Waals surface area contributed by atoms with Crippen molar-refractivity contribution >= 4 is 38.6 Å². The maximum atomic E-state index is 12.0. The largest absolute Gasteiger partial charge is 0.345 e. The summed E-state index contributed by atoms with van der Waals surface area (Å²) in [5.41, 5.74) is 3.54. The van der Waals surface area contributed by atoms with Crippen LogP contribution in [0.15, 0.2) is 53.3 Å². The lowest BCUT2D eigenvalue weighted by Crippen LogP contribution is -2.14. The second kappa shape index (κ2) is 5.46. The van der Waals surface area contributed by atoms with Gasteiger partial charge in [0.25, 0.3) is 0 Å². The summed E-state index contributed by atoms with van der Waals surface area (Å²) in [5.74, 6) is -0.0359.